The van der Waals surface area contributed by atoms with E-state index in [1.807, 2.05) is 11.3 Å². The first-order chi connectivity index (χ1) is 29.9. The summed E-state index contributed by atoms with van der Waals surface area (Å²) in [5.74, 6) is 0. The van der Waals surface area contributed by atoms with Gasteiger partial charge >= 0.3 is 0 Å². The third-order valence-electron chi connectivity index (χ3n) is 15.3. The second-order valence-electron chi connectivity index (χ2n) is 24.3. The van der Waals surface area contributed by atoms with Gasteiger partial charge in [-0.1, -0.05) is 158 Å². The van der Waals surface area contributed by atoms with Gasteiger partial charge in [0, 0.05) is 26.9 Å². The zero-order valence-corrected chi connectivity index (χ0v) is 41.7. The molecule has 1 aromatic heterocycles. The van der Waals surface area contributed by atoms with Crippen LogP contribution < -0.4 is 14.7 Å². The average Bonchev–Trinajstić information content (AvgIpc) is 3.76. The third-order valence-corrected chi connectivity index (χ3v) is 16.4. The van der Waals surface area contributed by atoms with Crippen molar-refractivity contribution in [1.29, 1.82) is 0 Å². The van der Waals surface area contributed by atoms with E-state index < -0.39 is 0 Å². The van der Waals surface area contributed by atoms with Crippen LogP contribution in [0.1, 0.15) is 149 Å². The number of thiophene rings is 1. The molecule has 0 fully saturated rings. The van der Waals surface area contributed by atoms with E-state index in [2.05, 4.69) is 228 Å². The van der Waals surface area contributed by atoms with Crippen LogP contribution in [0.2, 0.25) is 0 Å². The Hall–Kier alpha value is -5.32. The van der Waals surface area contributed by atoms with Gasteiger partial charge in [0.1, 0.15) is 5.00 Å². The Morgan fingerprint density at radius 3 is 1.64 bits per heavy atom. The fraction of sp³-hybridized carbons (Fsp3) is 0.367. The maximum atomic E-state index is 2.72. The molecule has 4 heteroatoms. The maximum Gasteiger partial charge on any atom is 0.126 e. The van der Waals surface area contributed by atoms with Gasteiger partial charge < -0.3 is 9.80 Å². The molecule has 4 aliphatic rings. The smallest absolute Gasteiger partial charge is 0.126 e. The quantitative estimate of drug-likeness (QED) is 0.171. The minimum Gasteiger partial charge on any atom is -0.306 e. The van der Waals surface area contributed by atoms with Crippen LogP contribution in [0.4, 0.5) is 50.5 Å². The van der Waals surface area contributed by atoms with Crippen LogP contribution in [0.25, 0.3) is 21.2 Å². The number of nitrogens with zero attached hydrogens (tertiary/aromatic N) is 3. The van der Waals surface area contributed by atoms with Gasteiger partial charge in [-0.3, -0.25) is 4.90 Å². The number of anilines is 9. The normalized spacial score (nSPS) is 17.5. The molecule has 3 heterocycles. The largest absolute Gasteiger partial charge is 0.306 e. The van der Waals surface area contributed by atoms with Crippen LogP contribution in [0.3, 0.4) is 0 Å². The van der Waals surface area contributed by atoms with E-state index in [9.17, 15) is 0 Å². The van der Waals surface area contributed by atoms with Crippen molar-refractivity contribution in [3.63, 3.8) is 0 Å². The van der Waals surface area contributed by atoms with Crippen molar-refractivity contribution in [1.82, 2.24) is 0 Å². The first-order valence-electron chi connectivity index (χ1n) is 23.6. The SMILES string of the molecule is CC(C)(C)c1ccc(N2c3ccc(C(C)(C)C)cc3N3c4sc5cc6c(cc5c4N(c4ccc(C(C)(C)C)cc4)c4c3c2cc2c4C(C)(C)CC2(C)C)-c2ccccc2C6(C)C)cc1. The van der Waals surface area contributed by atoms with Crippen molar-refractivity contribution in [2.45, 2.75) is 143 Å². The summed E-state index contributed by atoms with van der Waals surface area (Å²) in [4.78, 5) is 8.02. The van der Waals surface area contributed by atoms with Gasteiger partial charge in [-0.05, 0) is 138 Å². The number of rotatable bonds is 2. The van der Waals surface area contributed by atoms with Crippen molar-refractivity contribution < 1.29 is 0 Å². The van der Waals surface area contributed by atoms with Crippen LogP contribution in [0, 0.1) is 0 Å². The number of benzene rings is 6. The first kappa shape index (κ1) is 41.4. The molecule has 2 aliphatic carbocycles. The predicted molar refractivity (Wildman–Crippen MR) is 277 cm³/mol. The lowest BCUT2D eigenvalue weighted by Gasteiger charge is -2.48. The Kier molecular flexibility index (Phi) is 8.37. The minimum absolute atomic E-state index is 0.0366. The van der Waals surface area contributed by atoms with E-state index in [0.717, 1.165) is 6.42 Å². The second-order valence-corrected chi connectivity index (χ2v) is 25.4. The molecule has 0 saturated carbocycles. The summed E-state index contributed by atoms with van der Waals surface area (Å²) < 4.78 is 1.33. The summed E-state index contributed by atoms with van der Waals surface area (Å²) in [7, 11) is 0. The molecule has 0 unspecified atom stereocenters. The lowest BCUT2D eigenvalue weighted by atomic mass is 9.81. The van der Waals surface area contributed by atoms with Crippen LogP contribution in [0.15, 0.2) is 109 Å². The van der Waals surface area contributed by atoms with Crippen molar-refractivity contribution >= 4 is 71.9 Å². The van der Waals surface area contributed by atoms with Crippen LogP contribution >= 0.6 is 11.3 Å². The summed E-state index contributed by atoms with van der Waals surface area (Å²) in [6.07, 6.45) is 1.07. The summed E-state index contributed by atoms with van der Waals surface area (Å²) in [6.45, 7) is 35.7. The molecule has 64 heavy (non-hydrogen) atoms. The van der Waals surface area contributed by atoms with Gasteiger partial charge in [0.25, 0.3) is 0 Å². The molecule has 6 aromatic carbocycles. The van der Waals surface area contributed by atoms with Crippen molar-refractivity contribution in [2.75, 3.05) is 14.7 Å². The molecule has 7 aromatic rings. The van der Waals surface area contributed by atoms with E-state index in [-0.39, 0.29) is 32.5 Å². The van der Waals surface area contributed by atoms with Crippen LogP contribution in [0.5, 0.6) is 0 Å². The molecule has 0 amide bonds. The van der Waals surface area contributed by atoms with Gasteiger partial charge in [0.05, 0.1) is 34.1 Å². The van der Waals surface area contributed by atoms with Crippen LogP contribution in [-0.2, 0) is 32.5 Å². The Labute approximate surface area is 386 Å². The summed E-state index contributed by atoms with van der Waals surface area (Å²) >= 11 is 1.97. The van der Waals surface area contributed by atoms with E-state index in [1.165, 1.54) is 111 Å². The second kappa shape index (κ2) is 12.9. The molecule has 11 rings (SSSR count). The monoisotopic (exact) mass is 859 g/mol. The molecule has 0 N–H and O–H groups in total. The van der Waals surface area contributed by atoms with Gasteiger partial charge in [0.2, 0.25) is 0 Å². The molecule has 0 radical (unpaired) electrons. The zero-order chi connectivity index (χ0) is 45.4. The van der Waals surface area contributed by atoms with Gasteiger partial charge in [0.15, 0.2) is 0 Å². The lowest BCUT2D eigenvalue weighted by Crippen LogP contribution is -2.32. The van der Waals surface area contributed by atoms with E-state index in [1.54, 1.807) is 0 Å². The predicted octanol–water partition coefficient (Wildman–Crippen LogP) is 18.1. The highest BCUT2D eigenvalue weighted by atomic mass is 32.1. The summed E-state index contributed by atoms with van der Waals surface area (Å²) in [5.41, 5.74) is 22.3. The van der Waals surface area contributed by atoms with Crippen molar-refractivity contribution in [2.24, 2.45) is 0 Å². The highest BCUT2D eigenvalue weighted by Crippen LogP contribution is 2.71. The molecule has 326 valence electrons. The molecule has 2 aliphatic heterocycles. The van der Waals surface area contributed by atoms with Crippen molar-refractivity contribution in [3.8, 4) is 11.1 Å². The zero-order valence-electron chi connectivity index (χ0n) is 40.8. The molecule has 3 nitrogen and oxygen atoms in total. The standard InChI is InChI=1S/C60H65N3S/c1-55(2,3)35-20-25-38(26-21-35)61-46-29-24-37(57(7,8)9)30-47(46)63-52-48(61)32-45-50(59(12,13)34-58(45,10)11)53(52)62(39-27-22-36(23-28-39)56(4,5)6)51-42-31-41-40-18-16-17-19-43(40)60(14,15)44(41)33-49(42)64-54(51)63/h16-33H,34H2,1-15H3. The molecule has 0 bridgehead atoms. The van der Waals surface area contributed by atoms with E-state index in [0.29, 0.717) is 0 Å². The molecular formula is C60H65N3S. The fourth-order valence-corrected chi connectivity index (χ4v) is 13.3. The van der Waals surface area contributed by atoms with Crippen molar-refractivity contribution in [3.05, 3.63) is 148 Å². The topological polar surface area (TPSA) is 9.72 Å². The van der Waals surface area contributed by atoms with E-state index >= 15 is 0 Å². The van der Waals surface area contributed by atoms with Crippen LogP contribution in [-0.4, -0.2) is 0 Å². The highest BCUT2D eigenvalue weighted by Gasteiger charge is 2.51. The molecular weight excluding hydrogens is 795 g/mol. The maximum absolute atomic E-state index is 2.72. The van der Waals surface area contributed by atoms with Gasteiger partial charge in [-0.2, -0.15) is 0 Å². The number of fused-ring (bicyclic) bond motifs is 11. The summed E-state index contributed by atoms with van der Waals surface area (Å²) in [6, 6.07) is 43.1. The third kappa shape index (κ3) is 5.76. The number of hydrogen-bond acceptors (Lipinski definition) is 4. The van der Waals surface area contributed by atoms with Gasteiger partial charge in [-0.15, -0.1) is 11.3 Å². The number of hydrogen-bond donors (Lipinski definition) is 0. The van der Waals surface area contributed by atoms with E-state index in [4.69, 9.17) is 0 Å². The lowest BCUT2D eigenvalue weighted by molar-refractivity contribution is 0.403. The Bertz CT molecular complexity index is 3100. The molecule has 0 atom stereocenters. The molecule has 0 spiro atoms. The summed E-state index contributed by atoms with van der Waals surface area (Å²) in [5, 5.41) is 2.60. The average molecular weight is 860 g/mol. The molecule has 0 saturated heterocycles. The van der Waals surface area contributed by atoms with Gasteiger partial charge in [-0.25, -0.2) is 0 Å². The fourth-order valence-electron chi connectivity index (χ4n) is 12.1. The Morgan fingerprint density at radius 1 is 0.453 bits per heavy atom. The highest BCUT2D eigenvalue weighted by molar-refractivity contribution is 7.24. The Morgan fingerprint density at radius 2 is 1.03 bits per heavy atom. The Balaban J connectivity index is 1.31. The first-order valence-corrected chi connectivity index (χ1v) is 24.4. The minimum atomic E-state index is -0.0952.